The van der Waals surface area contributed by atoms with Gasteiger partial charge < -0.3 is 5.32 Å². The molecule has 1 aliphatic carbocycles. The molecular formula is C25H27N3OS. The van der Waals surface area contributed by atoms with Crippen LogP contribution in [0.4, 0.5) is 10.7 Å². The second kappa shape index (κ2) is 8.52. The second-order valence-electron chi connectivity index (χ2n) is 8.85. The van der Waals surface area contributed by atoms with Crippen molar-refractivity contribution in [2.75, 3.05) is 5.32 Å². The normalized spacial score (nSPS) is 16.4. The Hall–Kier alpha value is -2.79. The van der Waals surface area contributed by atoms with Crippen molar-refractivity contribution in [1.29, 1.82) is 0 Å². The lowest BCUT2D eigenvalue weighted by Gasteiger charge is -2.33. The van der Waals surface area contributed by atoms with Crippen LogP contribution in [0.1, 0.15) is 53.6 Å². The molecule has 5 heteroatoms. The maximum atomic E-state index is 13.3. The van der Waals surface area contributed by atoms with Crippen molar-refractivity contribution in [2.45, 2.75) is 40.0 Å². The summed E-state index contributed by atoms with van der Waals surface area (Å²) in [6.07, 6.45) is 8.35. The van der Waals surface area contributed by atoms with E-state index in [0.717, 1.165) is 41.1 Å². The summed E-state index contributed by atoms with van der Waals surface area (Å²) in [5, 5.41) is 3.84. The minimum atomic E-state index is -0.0776. The predicted octanol–water partition coefficient (Wildman–Crippen LogP) is 6.30. The molecule has 0 radical (unpaired) electrons. The molecule has 0 aliphatic heterocycles. The zero-order chi connectivity index (χ0) is 21.1. The van der Waals surface area contributed by atoms with E-state index in [4.69, 9.17) is 4.99 Å². The Morgan fingerprint density at radius 1 is 1.20 bits per heavy atom. The third-order valence-corrected chi connectivity index (χ3v) is 6.91. The van der Waals surface area contributed by atoms with Crippen LogP contribution in [0.3, 0.4) is 0 Å². The highest BCUT2D eigenvalue weighted by atomic mass is 32.1. The summed E-state index contributed by atoms with van der Waals surface area (Å²) in [7, 11) is 0. The Kier molecular flexibility index (Phi) is 5.82. The van der Waals surface area contributed by atoms with Crippen molar-refractivity contribution in [1.82, 2.24) is 4.98 Å². The molecular weight excluding hydrogens is 390 g/mol. The van der Waals surface area contributed by atoms with Gasteiger partial charge in [0, 0.05) is 34.7 Å². The molecule has 1 aliphatic rings. The number of aliphatic imine (C=N–C) groups is 1. The Morgan fingerprint density at radius 2 is 2.00 bits per heavy atom. The molecule has 4 rings (SSSR count). The van der Waals surface area contributed by atoms with E-state index < -0.39 is 0 Å². The van der Waals surface area contributed by atoms with Gasteiger partial charge >= 0.3 is 0 Å². The third kappa shape index (κ3) is 4.51. The zero-order valence-corrected chi connectivity index (χ0v) is 18.5. The van der Waals surface area contributed by atoms with Gasteiger partial charge in [-0.05, 0) is 54.4 Å². The number of hydrogen-bond acceptors (Lipinski definition) is 4. The summed E-state index contributed by atoms with van der Waals surface area (Å²) >= 11 is 1.66. The lowest BCUT2D eigenvalue weighted by Crippen LogP contribution is -2.27. The summed E-state index contributed by atoms with van der Waals surface area (Å²) in [5.74, 6) is 0.537. The molecule has 4 nitrogen and oxygen atoms in total. The summed E-state index contributed by atoms with van der Waals surface area (Å²) in [5.41, 5.74) is 3.88. The number of thiophene rings is 1. The molecule has 1 atom stereocenters. The minimum Gasteiger partial charge on any atom is -0.322 e. The van der Waals surface area contributed by atoms with Crippen LogP contribution in [0.15, 0.2) is 59.9 Å². The van der Waals surface area contributed by atoms with Crippen molar-refractivity contribution < 1.29 is 4.79 Å². The summed E-state index contributed by atoms with van der Waals surface area (Å²) in [4.78, 5) is 23.4. The number of para-hydroxylation sites is 1. The molecule has 0 fully saturated rings. The number of nitrogens with zero attached hydrogens (tertiary/aromatic N) is 2. The van der Waals surface area contributed by atoms with Gasteiger partial charge in [-0.25, -0.2) is 4.99 Å². The molecule has 154 valence electrons. The average molecular weight is 418 g/mol. The lowest BCUT2D eigenvalue weighted by molar-refractivity contribution is 0.102. The fraction of sp³-hybridized carbons (Fsp3) is 0.320. The van der Waals surface area contributed by atoms with Crippen molar-refractivity contribution in [3.8, 4) is 0 Å². The van der Waals surface area contributed by atoms with Crippen LogP contribution in [0.5, 0.6) is 0 Å². The number of amides is 1. The molecule has 0 unspecified atom stereocenters. The van der Waals surface area contributed by atoms with E-state index >= 15 is 0 Å². The van der Waals surface area contributed by atoms with Crippen LogP contribution in [-0.4, -0.2) is 17.1 Å². The monoisotopic (exact) mass is 417 g/mol. The number of carbonyl (C=O) groups is 1. The molecule has 1 N–H and O–H groups in total. The highest BCUT2D eigenvalue weighted by molar-refractivity contribution is 7.16. The molecule has 3 aromatic rings. The smallest absolute Gasteiger partial charge is 0.259 e. The quantitative estimate of drug-likeness (QED) is 0.507. The number of carbonyl (C=O) groups excluding carboxylic acids is 1. The second-order valence-corrected chi connectivity index (χ2v) is 9.94. The lowest BCUT2D eigenvalue weighted by atomic mass is 9.72. The van der Waals surface area contributed by atoms with Crippen molar-refractivity contribution in [2.24, 2.45) is 16.3 Å². The molecule has 0 saturated carbocycles. The number of benzene rings is 1. The molecule has 0 bridgehead atoms. The largest absolute Gasteiger partial charge is 0.322 e. The molecule has 1 amide bonds. The Balaban J connectivity index is 1.70. The minimum absolute atomic E-state index is 0.0776. The molecule has 30 heavy (non-hydrogen) atoms. The van der Waals surface area contributed by atoms with Gasteiger partial charge in [-0.1, -0.05) is 45.0 Å². The highest BCUT2D eigenvalue weighted by Gasteiger charge is 2.33. The predicted molar refractivity (Wildman–Crippen MR) is 125 cm³/mol. The van der Waals surface area contributed by atoms with Crippen LogP contribution in [0.2, 0.25) is 0 Å². The number of rotatable bonds is 4. The van der Waals surface area contributed by atoms with Crippen LogP contribution >= 0.6 is 11.3 Å². The van der Waals surface area contributed by atoms with Crippen LogP contribution in [-0.2, 0) is 12.8 Å². The fourth-order valence-corrected chi connectivity index (χ4v) is 5.20. The SMILES string of the molecule is CC(C)(C)[C@@H]1CCc2c(sc(N=Cc3cccnc3)c2C(=O)Nc2ccccc2)C1. The standard InChI is InChI=1S/C25H27N3OS/c1-25(2,3)18-11-12-20-21(14-18)30-24(27-16-17-8-7-13-26-15-17)22(20)23(29)28-19-9-5-4-6-10-19/h4-10,13,15-16,18H,11-12,14H2,1-3H3,(H,28,29)/t18-/m1/s1. The number of pyridine rings is 1. The number of hydrogen-bond donors (Lipinski definition) is 1. The summed E-state index contributed by atoms with van der Waals surface area (Å²) in [6, 6.07) is 13.5. The van der Waals surface area contributed by atoms with E-state index in [1.807, 2.05) is 42.5 Å². The maximum Gasteiger partial charge on any atom is 0.259 e. The Morgan fingerprint density at radius 3 is 2.70 bits per heavy atom. The van der Waals surface area contributed by atoms with Crippen LogP contribution in [0, 0.1) is 11.3 Å². The summed E-state index contributed by atoms with van der Waals surface area (Å²) < 4.78 is 0. The van der Waals surface area contributed by atoms with Crippen molar-refractivity contribution in [3.05, 3.63) is 76.4 Å². The molecule has 1 aromatic carbocycles. The third-order valence-electron chi connectivity index (χ3n) is 5.75. The van der Waals surface area contributed by atoms with Crippen LogP contribution in [0.25, 0.3) is 0 Å². The van der Waals surface area contributed by atoms with E-state index in [0.29, 0.717) is 5.92 Å². The van der Waals surface area contributed by atoms with E-state index in [9.17, 15) is 4.79 Å². The zero-order valence-electron chi connectivity index (χ0n) is 17.7. The van der Waals surface area contributed by atoms with Crippen molar-refractivity contribution in [3.63, 3.8) is 0 Å². The van der Waals surface area contributed by atoms with E-state index in [1.54, 1.807) is 29.9 Å². The first-order valence-electron chi connectivity index (χ1n) is 10.4. The Bertz CT molecular complexity index is 1050. The van der Waals surface area contributed by atoms with Gasteiger partial charge in [0.1, 0.15) is 5.00 Å². The van der Waals surface area contributed by atoms with Gasteiger partial charge in [0.15, 0.2) is 0 Å². The first-order valence-corrected chi connectivity index (χ1v) is 11.2. The number of anilines is 1. The van der Waals surface area contributed by atoms with Gasteiger partial charge in [-0.3, -0.25) is 9.78 Å². The van der Waals surface area contributed by atoms with Gasteiger partial charge in [0.2, 0.25) is 0 Å². The maximum absolute atomic E-state index is 13.3. The highest BCUT2D eigenvalue weighted by Crippen LogP contribution is 2.45. The van der Waals surface area contributed by atoms with E-state index in [1.165, 1.54) is 10.4 Å². The first-order chi connectivity index (χ1) is 14.4. The van der Waals surface area contributed by atoms with Gasteiger partial charge in [-0.2, -0.15) is 0 Å². The molecule has 2 aromatic heterocycles. The molecule has 0 saturated heterocycles. The van der Waals surface area contributed by atoms with Crippen molar-refractivity contribution >= 4 is 34.1 Å². The van der Waals surface area contributed by atoms with Gasteiger partial charge in [0.25, 0.3) is 5.91 Å². The van der Waals surface area contributed by atoms with Gasteiger partial charge in [-0.15, -0.1) is 11.3 Å². The fourth-order valence-electron chi connectivity index (χ4n) is 3.94. The Labute approximate surface area is 182 Å². The average Bonchev–Trinajstić information content (AvgIpc) is 3.11. The van der Waals surface area contributed by atoms with E-state index in [2.05, 4.69) is 31.1 Å². The molecule has 0 spiro atoms. The topological polar surface area (TPSA) is 54.4 Å². The number of nitrogens with one attached hydrogen (secondary N) is 1. The summed E-state index contributed by atoms with van der Waals surface area (Å²) in [6.45, 7) is 6.92. The van der Waals surface area contributed by atoms with E-state index in [-0.39, 0.29) is 11.3 Å². The molecule has 2 heterocycles. The van der Waals surface area contributed by atoms with Crippen LogP contribution < -0.4 is 5.32 Å². The first kappa shape index (κ1) is 20.5. The number of aromatic nitrogens is 1. The van der Waals surface area contributed by atoms with Gasteiger partial charge in [0.05, 0.1) is 5.56 Å². The number of fused-ring (bicyclic) bond motifs is 1.